The molecule has 1 aromatic carbocycles. The van der Waals surface area contributed by atoms with Gasteiger partial charge < -0.3 is 5.32 Å². The van der Waals surface area contributed by atoms with Crippen molar-refractivity contribution in [2.45, 2.75) is 32.5 Å². The van der Waals surface area contributed by atoms with Crippen molar-refractivity contribution in [2.75, 3.05) is 5.32 Å². The SMILES string of the molecule is CC(C)c1ccc(NCc2ccccn2)c(C(F)(F)F)c1. The van der Waals surface area contributed by atoms with E-state index in [9.17, 15) is 13.2 Å². The maximum atomic E-state index is 13.2. The standard InChI is InChI=1S/C16H17F3N2/c1-11(2)12-6-7-15(14(9-12)16(17,18)19)21-10-13-5-3-4-8-20-13/h3-9,11,21H,10H2,1-2H3. The number of aromatic nitrogens is 1. The van der Waals surface area contributed by atoms with Crippen molar-refractivity contribution in [1.82, 2.24) is 4.98 Å². The molecule has 1 heterocycles. The molecular weight excluding hydrogens is 277 g/mol. The first-order chi connectivity index (χ1) is 9.88. The van der Waals surface area contributed by atoms with E-state index >= 15 is 0 Å². The molecule has 5 heteroatoms. The Morgan fingerprint density at radius 3 is 2.48 bits per heavy atom. The zero-order valence-corrected chi connectivity index (χ0v) is 11.9. The van der Waals surface area contributed by atoms with Crippen LogP contribution in [-0.4, -0.2) is 4.98 Å². The number of benzene rings is 1. The summed E-state index contributed by atoms with van der Waals surface area (Å²) >= 11 is 0. The molecule has 0 saturated carbocycles. The van der Waals surface area contributed by atoms with Gasteiger partial charge in [0.15, 0.2) is 0 Å². The van der Waals surface area contributed by atoms with Crippen LogP contribution in [0.25, 0.3) is 0 Å². The largest absolute Gasteiger partial charge is 0.418 e. The maximum Gasteiger partial charge on any atom is 0.418 e. The van der Waals surface area contributed by atoms with Crippen molar-refractivity contribution in [2.24, 2.45) is 0 Å². The first-order valence-corrected chi connectivity index (χ1v) is 6.73. The predicted molar refractivity (Wildman–Crippen MR) is 77.1 cm³/mol. The zero-order chi connectivity index (χ0) is 15.5. The van der Waals surface area contributed by atoms with E-state index in [1.165, 1.54) is 12.1 Å². The van der Waals surface area contributed by atoms with Crippen LogP contribution in [0.15, 0.2) is 42.6 Å². The Balaban J connectivity index is 2.26. The molecule has 0 saturated heterocycles. The van der Waals surface area contributed by atoms with Crippen molar-refractivity contribution < 1.29 is 13.2 Å². The number of hydrogen-bond donors (Lipinski definition) is 1. The average Bonchev–Trinajstić information content (AvgIpc) is 2.45. The van der Waals surface area contributed by atoms with Gasteiger partial charge >= 0.3 is 6.18 Å². The Labute approximate surface area is 122 Å². The molecule has 0 radical (unpaired) electrons. The molecule has 0 aliphatic heterocycles. The molecule has 0 aliphatic carbocycles. The van der Waals surface area contributed by atoms with Gasteiger partial charge in [0.25, 0.3) is 0 Å². The lowest BCUT2D eigenvalue weighted by molar-refractivity contribution is -0.137. The minimum Gasteiger partial charge on any atom is -0.379 e. The number of nitrogens with one attached hydrogen (secondary N) is 1. The van der Waals surface area contributed by atoms with E-state index < -0.39 is 11.7 Å². The number of anilines is 1. The van der Waals surface area contributed by atoms with Gasteiger partial charge in [0.1, 0.15) is 0 Å². The third kappa shape index (κ3) is 3.97. The van der Waals surface area contributed by atoms with E-state index in [1.807, 2.05) is 13.8 Å². The highest BCUT2D eigenvalue weighted by Gasteiger charge is 2.33. The Morgan fingerprint density at radius 2 is 1.90 bits per heavy atom. The molecule has 1 aromatic heterocycles. The van der Waals surface area contributed by atoms with E-state index in [0.29, 0.717) is 11.3 Å². The highest BCUT2D eigenvalue weighted by atomic mass is 19.4. The van der Waals surface area contributed by atoms with Crippen molar-refractivity contribution in [3.8, 4) is 0 Å². The lowest BCUT2D eigenvalue weighted by Crippen LogP contribution is -2.12. The fourth-order valence-corrected chi connectivity index (χ4v) is 2.00. The second kappa shape index (κ2) is 6.16. The van der Waals surface area contributed by atoms with Gasteiger partial charge in [0.2, 0.25) is 0 Å². The number of halogens is 3. The molecule has 0 bridgehead atoms. The van der Waals surface area contributed by atoms with Gasteiger partial charge in [-0.25, -0.2) is 0 Å². The predicted octanol–water partition coefficient (Wildman–Crippen LogP) is 4.84. The van der Waals surface area contributed by atoms with E-state index in [-0.39, 0.29) is 18.2 Å². The Morgan fingerprint density at radius 1 is 1.14 bits per heavy atom. The van der Waals surface area contributed by atoms with Crippen LogP contribution in [0.1, 0.15) is 36.6 Å². The average molecular weight is 294 g/mol. The lowest BCUT2D eigenvalue weighted by Gasteiger charge is -2.17. The molecule has 0 fully saturated rings. The number of alkyl halides is 3. The topological polar surface area (TPSA) is 24.9 Å². The third-order valence-electron chi connectivity index (χ3n) is 3.20. The summed E-state index contributed by atoms with van der Waals surface area (Å²) in [6.07, 6.45) is -2.76. The first kappa shape index (κ1) is 15.4. The molecule has 1 N–H and O–H groups in total. The number of nitrogens with zero attached hydrogens (tertiary/aromatic N) is 1. The van der Waals surface area contributed by atoms with Crippen LogP contribution in [-0.2, 0) is 12.7 Å². The van der Waals surface area contributed by atoms with Crippen LogP contribution < -0.4 is 5.32 Å². The molecule has 2 nitrogen and oxygen atoms in total. The van der Waals surface area contributed by atoms with Crippen molar-refractivity contribution in [3.63, 3.8) is 0 Å². The van der Waals surface area contributed by atoms with E-state index in [2.05, 4.69) is 10.3 Å². The smallest absolute Gasteiger partial charge is 0.379 e. The third-order valence-corrected chi connectivity index (χ3v) is 3.20. The van der Waals surface area contributed by atoms with Crippen molar-refractivity contribution >= 4 is 5.69 Å². The molecule has 2 rings (SSSR count). The van der Waals surface area contributed by atoms with E-state index in [0.717, 1.165) is 0 Å². The number of rotatable bonds is 4. The molecular formula is C16H17F3N2. The van der Waals surface area contributed by atoms with Gasteiger partial charge in [-0.05, 0) is 35.7 Å². The summed E-state index contributed by atoms with van der Waals surface area (Å²) in [5.74, 6) is 0.0518. The first-order valence-electron chi connectivity index (χ1n) is 6.73. The Kier molecular flexibility index (Phi) is 4.50. The summed E-state index contributed by atoms with van der Waals surface area (Å²) in [6.45, 7) is 4.00. The molecule has 0 unspecified atom stereocenters. The highest BCUT2D eigenvalue weighted by molar-refractivity contribution is 5.54. The van der Waals surface area contributed by atoms with Gasteiger partial charge in [0.05, 0.1) is 17.8 Å². The van der Waals surface area contributed by atoms with E-state index in [4.69, 9.17) is 0 Å². The summed E-state index contributed by atoms with van der Waals surface area (Å²) < 4.78 is 39.5. The van der Waals surface area contributed by atoms with Gasteiger partial charge in [-0.2, -0.15) is 13.2 Å². The fraction of sp³-hybridized carbons (Fsp3) is 0.312. The molecule has 21 heavy (non-hydrogen) atoms. The Bertz CT molecular complexity index is 592. The van der Waals surface area contributed by atoms with Crippen molar-refractivity contribution in [1.29, 1.82) is 0 Å². The normalized spacial score (nSPS) is 11.7. The molecule has 0 atom stereocenters. The van der Waals surface area contributed by atoms with Crippen molar-refractivity contribution in [3.05, 3.63) is 59.4 Å². The van der Waals surface area contributed by atoms with Gasteiger partial charge in [-0.15, -0.1) is 0 Å². The summed E-state index contributed by atoms with van der Waals surface area (Å²) in [4.78, 5) is 4.09. The summed E-state index contributed by atoms with van der Waals surface area (Å²) in [5, 5.41) is 2.82. The monoisotopic (exact) mass is 294 g/mol. The van der Waals surface area contributed by atoms with Gasteiger partial charge in [-0.3, -0.25) is 4.98 Å². The highest BCUT2D eigenvalue weighted by Crippen LogP contribution is 2.36. The lowest BCUT2D eigenvalue weighted by atomic mass is 9.99. The fourth-order valence-electron chi connectivity index (χ4n) is 2.00. The maximum absolute atomic E-state index is 13.2. The quantitative estimate of drug-likeness (QED) is 0.873. The molecule has 0 spiro atoms. The zero-order valence-electron chi connectivity index (χ0n) is 11.9. The van der Waals surface area contributed by atoms with Crippen LogP contribution in [0.5, 0.6) is 0 Å². The minimum absolute atomic E-state index is 0.0518. The second-order valence-electron chi connectivity index (χ2n) is 5.13. The second-order valence-corrected chi connectivity index (χ2v) is 5.13. The summed E-state index contributed by atoms with van der Waals surface area (Å²) in [6, 6.07) is 9.76. The molecule has 0 amide bonds. The van der Waals surface area contributed by atoms with Crippen LogP contribution in [0.3, 0.4) is 0 Å². The van der Waals surface area contributed by atoms with E-state index in [1.54, 1.807) is 30.5 Å². The van der Waals surface area contributed by atoms with Crippen LogP contribution >= 0.6 is 0 Å². The Hall–Kier alpha value is -2.04. The number of pyridine rings is 1. The summed E-state index contributed by atoms with van der Waals surface area (Å²) in [7, 11) is 0. The molecule has 0 aliphatic rings. The van der Waals surface area contributed by atoms with Gasteiger partial charge in [-0.1, -0.05) is 26.0 Å². The molecule has 2 aromatic rings. The minimum atomic E-state index is -4.38. The van der Waals surface area contributed by atoms with Crippen LogP contribution in [0.2, 0.25) is 0 Å². The van der Waals surface area contributed by atoms with Gasteiger partial charge in [0, 0.05) is 11.9 Å². The molecule has 112 valence electrons. The van der Waals surface area contributed by atoms with Crippen LogP contribution in [0, 0.1) is 0 Å². The number of hydrogen-bond acceptors (Lipinski definition) is 2. The summed E-state index contributed by atoms with van der Waals surface area (Å²) in [5.41, 5.74) is 0.812. The van der Waals surface area contributed by atoms with Crippen LogP contribution in [0.4, 0.5) is 18.9 Å².